The van der Waals surface area contributed by atoms with E-state index in [1.54, 1.807) is 36.0 Å². The largest absolute Gasteiger partial charge is 0.265 e. The fraction of sp³-hybridized carbons (Fsp3) is 0.167. The molecular weight excluding hydrogens is 438 g/mol. The number of nitrogens with one attached hydrogen (secondary N) is 1. The molecule has 0 unspecified atom stereocenters. The van der Waals surface area contributed by atoms with Gasteiger partial charge in [0.2, 0.25) is 0 Å². The van der Waals surface area contributed by atoms with E-state index in [2.05, 4.69) is 25.8 Å². The molecule has 2 aromatic carbocycles. The second-order valence-electron chi connectivity index (χ2n) is 5.99. The third-order valence-electron chi connectivity index (χ3n) is 3.86. The summed E-state index contributed by atoms with van der Waals surface area (Å²) in [5, 5.41) is 4.96. The van der Waals surface area contributed by atoms with Crippen molar-refractivity contribution < 1.29 is 8.42 Å². The SMILES string of the molecule is Cc1ccc(S(=O)(=O)Nc2nn(Cc3ccccc3Cl)cc2Br)c(C)c1. The number of rotatable bonds is 5. The van der Waals surface area contributed by atoms with Gasteiger partial charge in [-0.2, -0.15) is 5.10 Å². The van der Waals surface area contributed by atoms with E-state index in [0.29, 0.717) is 21.6 Å². The van der Waals surface area contributed by atoms with Crippen molar-refractivity contribution in [3.8, 4) is 0 Å². The zero-order valence-electron chi connectivity index (χ0n) is 14.2. The molecule has 3 rings (SSSR count). The summed E-state index contributed by atoms with van der Waals surface area (Å²) >= 11 is 9.53. The molecule has 0 saturated carbocycles. The van der Waals surface area contributed by atoms with Crippen LogP contribution in [0.1, 0.15) is 16.7 Å². The summed E-state index contributed by atoms with van der Waals surface area (Å²) < 4.78 is 30.1. The van der Waals surface area contributed by atoms with E-state index >= 15 is 0 Å². The van der Waals surface area contributed by atoms with Crippen molar-refractivity contribution in [2.75, 3.05) is 4.72 Å². The number of hydrogen-bond donors (Lipinski definition) is 1. The number of halogens is 2. The maximum absolute atomic E-state index is 12.7. The van der Waals surface area contributed by atoms with E-state index in [-0.39, 0.29) is 10.7 Å². The van der Waals surface area contributed by atoms with E-state index < -0.39 is 10.0 Å². The molecule has 0 fully saturated rings. The Bertz CT molecular complexity index is 1060. The fourth-order valence-electron chi connectivity index (χ4n) is 2.63. The highest BCUT2D eigenvalue weighted by atomic mass is 79.9. The van der Waals surface area contributed by atoms with Gasteiger partial charge in [0.05, 0.1) is 15.9 Å². The minimum absolute atomic E-state index is 0.232. The maximum atomic E-state index is 12.7. The van der Waals surface area contributed by atoms with Crippen molar-refractivity contribution >= 4 is 43.4 Å². The van der Waals surface area contributed by atoms with Crippen LogP contribution in [0.5, 0.6) is 0 Å². The lowest BCUT2D eigenvalue weighted by molar-refractivity contribution is 0.600. The van der Waals surface area contributed by atoms with Crippen molar-refractivity contribution in [3.05, 3.63) is 74.8 Å². The lowest BCUT2D eigenvalue weighted by atomic mass is 10.2. The lowest BCUT2D eigenvalue weighted by Crippen LogP contribution is -2.15. The van der Waals surface area contributed by atoms with E-state index in [4.69, 9.17) is 11.6 Å². The van der Waals surface area contributed by atoms with Crippen LogP contribution in [0.4, 0.5) is 5.82 Å². The topological polar surface area (TPSA) is 64.0 Å². The maximum Gasteiger partial charge on any atom is 0.263 e. The molecular formula is C18H17BrClN3O2S. The van der Waals surface area contributed by atoms with Crippen LogP contribution in [-0.4, -0.2) is 18.2 Å². The van der Waals surface area contributed by atoms with Gasteiger partial charge in [-0.25, -0.2) is 8.42 Å². The standard InChI is InChI=1S/C18H17BrClN3O2S/c1-12-7-8-17(13(2)9-12)26(24,25)22-18-15(19)11-23(21-18)10-14-5-3-4-6-16(14)20/h3-9,11H,10H2,1-2H3,(H,21,22). The number of nitrogens with zero attached hydrogens (tertiary/aromatic N) is 2. The highest BCUT2D eigenvalue weighted by molar-refractivity contribution is 9.10. The Morgan fingerprint density at radius 2 is 1.92 bits per heavy atom. The summed E-state index contributed by atoms with van der Waals surface area (Å²) in [6.45, 7) is 4.12. The zero-order valence-corrected chi connectivity index (χ0v) is 17.4. The first-order valence-corrected chi connectivity index (χ1v) is 10.5. The normalized spacial score (nSPS) is 11.5. The minimum Gasteiger partial charge on any atom is -0.265 e. The number of anilines is 1. The van der Waals surface area contributed by atoms with Crippen molar-refractivity contribution in [2.24, 2.45) is 0 Å². The predicted octanol–water partition coefficient (Wildman–Crippen LogP) is 4.76. The van der Waals surface area contributed by atoms with Crippen LogP contribution in [-0.2, 0) is 16.6 Å². The number of aryl methyl sites for hydroxylation is 2. The van der Waals surface area contributed by atoms with Gasteiger partial charge < -0.3 is 0 Å². The molecule has 0 bridgehead atoms. The fourth-order valence-corrected chi connectivity index (χ4v) is 4.62. The molecule has 0 saturated heterocycles. The zero-order chi connectivity index (χ0) is 18.9. The van der Waals surface area contributed by atoms with Gasteiger partial charge in [-0.05, 0) is 53.0 Å². The van der Waals surface area contributed by atoms with Gasteiger partial charge in [0.25, 0.3) is 10.0 Å². The van der Waals surface area contributed by atoms with Crippen LogP contribution < -0.4 is 4.72 Å². The molecule has 136 valence electrons. The van der Waals surface area contributed by atoms with Crippen LogP contribution >= 0.6 is 27.5 Å². The van der Waals surface area contributed by atoms with E-state index in [1.807, 2.05) is 31.2 Å². The smallest absolute Gasteiger partial charge is 0.263 e. The first-order valence-electron chi connectivity index (χ1n) is 7.83. The van der Waals surface area contributed by atoms with Crippen LogP contribution in [0, 0.1) is 13.8 Å². The molecule has 26 heavy (non-hydrogen) atoms. The van der Waals surface area contributed by atoms with Gasteiger partial charge in [0.15, 0.2) is 5.82 Å². The molecule has 1 aromatic heterocycles. The Morgan fingerprint density at radius 1 is 1.19 bits per heavy atom. The summed E-state index contributed by atoms with van der Waals surface area (Å²) in [6.07, 6.45) is 1.71. The van der Waals surface area contributed by atoms with Gasteiger partial charge in [-0.1, -0.05) is 47.5 Å². The highest BCUT2D eigenvalue weighted by Crippen LogP contribution is 2.26. The number of hydrogen-bond acceptors (Lipinski definition) is 3. The van der Waals surface area contributed by atoms with Crippen molar-refractivity contribution in [2.45, 2.75) is 25.3 Å². The number of benzene rings is 2. The quantitative estimate of drug-likeness (QED) is 0.604. The molecule has 0 aliphatic carbocycles. The lowest BCUT2D eigenvalue weighted by Gasteiger charge is -2.09. The molecule has 5 nitrogen and oxygen atoms in total. The van der Waals surface area contributed by atoms with Crippen LogP contribution in [0.2, 0.25) is 5.02 Å². The molecule has 3 aromatic rings. The van der Waals surface area contributed by atoms with E-state index in [1.165, 1.54) is 0 Å². The van der Waals surface area contributed by atoms with E-state index in [9.17, 15) is 8.42 Å². The molecule has 1 heterocycles. The van der Waals surface area contributed by atoms with Crippen LogP contribution in [0.15, 0.2) is 58.0 Å². The summed E-state index contributed by atoms with van der Waals surface area (Å²) in [5.41, 5.74) is 2.59. The van der Waals surface area contributed by atoms with Gasteiger partial charge in [-0.15, -0.1) is 0 Å². The summed E-state index contributed by atoms with van der Waals surface area (Å²) in [7, 11) is -3.73. The van der Waals surface area contributed by atoms with Gasteiger partial charge in [-0.3, -0.25) is 9.40 Å². The molecule has 0 amide bonds. The molecule has 8 heteroatoms. The van der Waals surface area contributed by atoms with E-state index in [0.717, 1.165) is 11.1 Å². The molecule has 0 radical (unpaired) electrons. The monoisotopic (exact) mass is 453 g/mol. The minimum atomic E-state index is -3.73. The first-order chi connectivity index (χ1) is 12.3. The second kappa shape index (κ2) is 7.42. The Labute approximate surface area is 166 Å². The van der Waals surface area contributed by atoms with Crippen molar-refractivity contribution in [1.29, 1.82) is 0 Å². The van der Waals surface area contributed by atoms with Crippen molar-refractivity contribution in [3.63, 3.8) is 0 Å². The molecule has 0 atom stereocenters. The Hall–Kier alpha value is -1.83. The Kier molecular flexibility index (Phi) is 5.41. The summed E-state index contributed by atoms with van der Waals surface area (Å²) in [6, 6.07) is 12.7. The van der Waals surface area contributed by atoms with Crippen LogP contribution in [0.3, 0.4) is 0 Å². The van der Waals surface area contributed by atoms with Crippen molar-refractivity contribution in [1.82, 2.24) is 9.78 Å². The molecule has 0 aliphatic heterocycles. The second-order valence-corrected chi connectivity index (χ2v) is 8.90. The van der Waals surface area contributed by atoms with Gasteiger partial charge in [0, 0.05) is 11.2 Å². The summed E-state index contributed by atoms with van der Waals surface area (Å²) in [5.74, 6) is 0.233. The third-order valence-corrected chi connectivity index (χ3v) is 6.31. The number of sulfonamides is 1. The first kappa shape index (κ1) is 18.9. The molecule has 0 aliphatic rings. The third kappa shape index (κ3) is 4.11. The summed E-state index contributed by atoms with van der Waals surface area (Å²) in [4.78, 5) is 0.232. The average Bonchev–Trinajstić information content (AvgIpc) is 2.88. The highest BCUT2D eigenvalue weighted by Gasteiger charge is 2.20. The predicted molar refractivity (Wildman–Crippen MR) is 107 cm³/mol. The molecule has 0 spiro atoms. The van der Waals surface area contributed by atoms with Gasteiger partial charge in [0.1, 0.15) is 0 Å². The van der Waals surface area contributed by atoms with Gasteiger partial charge >= 0.3 is 0 Å². The molecule has 1 N–H and O–H groups in total. The number of aromatic nitrogens is 2. The average molecular weight is 455 g/mol. The Morgan fingerprint density at radius 3 is 2.62 bits per heavy atom. The Balaban J connectivity index is 1.86. The van der Waals surface area contributed by atoms with Crippen LogP contribution in [0.25, 0.3) is 0 Å².